The molecule has 0 aliphatic rings. The van der Waals surface area contributed by atoms with Crippen LogP contribution < -0.4 is 15.6 Å². The van der Waals surface area contributed by atoms with E-state index in [9.17, 15) is 14.4 Å². The van der Waals surface area contributed by atoms with Crippen LogP contribution in [0.4, 0.5) is 0 Å². The van der Waals surface area contributed by atoms with Gasteiger partial charge in [0.25, 0.3) is 11.8 Å². The third kappa shape index (κ3) is 5.87. The molecule has 0 aromatic heterocycles. The van der Waals surface area contributed by atoms with Crippen molar-refractivity contribution in [2.24, 2.45) is 0 Å². The topological polar surface area (TPSA) is 84.5 Å². The van der Waals surface area contributed by atoms with Gasteiger partial charge in [-0.3, -0.25) is 20.4 Å². The Labute approximate surface area is 211 Å². The van der Waals surface area contributed by atoms with E-state index in [-0.39, 0.29) is 16.3 Å². The second-order valence-corrected chi connectivity index (χ2v) is 8.20. The van der Waals surface area contributed by atoms with E-state index in [1.807, 2.05) is 30.3 Å². The maximum absolute atomic E-state index is 12.6. The Bertz CT molecular complexity index is 1460. The number of esters is 1. The number of carbonyl (C=O) groups excluding carboxylic acids is 3. The number of amides is 2. The summed E-state index contributed by atoms with van der Waals surface area (Å²) in [5.74, 6) is -1.45. The van der Waals surface area contributed by atoms with Crippen molar-refractivity contribution in [2.75, 3.05) is 0 Å². The fourth-order valence-corrected chi connectivity index (χ4v) is 3.82. The Hall–Kier alpha value is -4.13. The molecule has 0 fully saturated rings. The zero-order chi connectivity index (χ0) is 24.8. The second kappa shape index (κ2) is 10.9. The van der Waals surface area contributed by atoms with E-state index in [1.165, 1.54) is 30.4 Å². The summed E-state index contributed by atoms with van der Waals surface area (Å²) < 4.78 is 5.46. The minimum Gasteiger partial charge on any atom is -0.422 e. The van der Waals surface area contributed by atoms with Crippen LogP contribution in [0, 0.1) is 0 Å². The molecule has 0 heterocycles. The number of nitrogens with one attached hydrogen (secondary N) is 2. The van der Waals surface area contributed by atoms with Gasteiger partial charge in [0.05, 0.1) is 10.6 Å². The van der Waals surface area contributed by atoms with Crippen LogP contribution in [-0.4, -0.2) is 17.8 Å². The first-order valence-corrected chi connectivity index (χ1v) is 11.2. The van der Waals surface area contributed by atoms with E-state index in [1.54, 1.807) is 36.4 Å². The van der Waals surface area contributed by atoms with Crippen LogP contribution in [-0.2, 0) is 4.79 Å². The van der Waals surface area contributed by atoms with Crippen molar-refractivity contribution in [3.8, 4) is 5.75 Å². The molecule has 0 radical (unpaired) electrons. The van der Waals surface area contributed by atoms with Crippen molar-refractivity contribution >= 4 is 57.8 Å². The van der Waals surface area contributed by atoms with Crippen molar-refractivity contribution in [2.45, 2.75) is 0 Å². The largest absolute Gasteiger partial charge is 0.422 e. The lowest BCUT2D eigenvalue weighted by atomic mass is 10.0. The van der Waals surface area contributed by atoms with Gasteiger partial charge in [-0.15, -0.1) is 0 Å². The summed E-state index contributed by atoms with van der Waals surface area (Å²) in [4.78, 5) is 37.4. The normalized spacial score (nSPS) is 10.8. The predicted octanol–water partition coefficient (Wildman–Crippen LogP) is 5.84. The highest BCUT2D eigenvalue weighted by Gasteiger charge is 2.15. The van der Waals surface area contributed by atoms with Crippen LogP contribution in [0.25, 0.3) is 16.8 Å². The summed E-state index contributed by atoms with van der Waals surface area (Å²) in [6, 6.07) is 23.9. The number of fused-ring (bicyclic) bond motifs is 1. The molecule has 0 saturated heterocycles. The lowest BCUT2D eigenvalue weighted by Gasteiger charge is -2.09. The number of ether oxygens (including phenoxy) is 1. The van der Waals surface area contributed by atoms with Crippen molar-refractivity contribution in [1.82, 2.24) is 10.9 Å². The minimum atomic E-state index is -0.667. The highest BCUT2D eigenvalue weighted by Crippen LogP contribution is 2.25. The molecule has 0 unspecified atom stereocenters. The van der Waals surface area contributed by atoms with Gasteiger partial charge in [0.15, 0.2) is 0 Å². The molecule has 0 aliphatic carbocycles. The van der Waals surface area contributed by atoms with Gasteiger partial charge in [-0.1, -0.05) is 77.8 Å². The fourth-order valence-electron chi connectivity index (χ4n) is 3.34. The Morgan fingerprint density at radius 2 is 1.51 bits per heavy atom. The van der Waals surface area contributed by atoms with E-state index in [4.69, 9.17) is 27.9 Å². The SMILES string of the molecule is O=C(/C=C/c1ccccc1OC(=O)c1ccc(Cl)cc1Cl)NNC(=O)c1cccc2ccccc12. The number of hydrogen-bond donors (Lipinski definition) is 2. The van der Waals surface area contributed by atoms with Gasteiger partial charge in [-0.05, 0) is 47.2 Å². The first-order chi connectivity index (χ1) is 16.9. The monoisotopic (exact) mass is 504 g/mol. The zero-order valence-corrected chi connectivity index (χ0v) is 19.6. The summed E-state index contributed by atoms with van der Waals surface area (Å²) >= 11 is 12.0. The third-order valence-corrected chi connectivity index (χ3v) is 5.57. The molecular formula is C27H18Cl2N2O4. The molecule has 0 aliphatic heterocycles. The standard InChI is InChI=1S/C27H18Cl2N2O4/c28-19-13-14-22(23(29)16-19)27(34)35-24-11-4-2-7-18(24)12-15-25(32)30-31-26(33)21-10-5-8-17-6-1-3-9-20(17)21/h1-16H,(H,30,32)(H,31,33)/b15-12+. The van der Waals surface area contributed by atoms with Crippen LogP contribution >= 0.6 is 23.2 Å². The van der Waals surface area contributed by atoms with E-state index in [0.29, 0.717) is 16.1 Å². The molecule has 0 atom stereocenters. The predicted molar refractivity (Wildman–Crippen MR) is 136 cm³/mol. The van der Waals surface area contributed by atoms with Crippen LogP contribution in [0.3, 0.4) is 0 Å². The molecule has 0 spiro atoms. The number of benzene rings is 4. The number of halogens is 2. The quantitative estimate of drug-likeness (QED) is 0.155. The highest BCUT2D eigenvalue weighted by molar-refractivity contribution is 6.36. The van der Waals surface area contributed by atoms with Crippen LogP contribution in [0.2, 0.25) is 10.0 Å². The van der Waals surface area contributed by atoms with E-state index < -0.39 is 17.8 Å². The van der Waals surface area contributed by atoms with Crippen molar-refractivity contribution < 1.29 is 19.1 Å². The minimum absolute atomic E-state index is 0.156. The molecule has 4 aromatic rings. The Balaban J connectivity index is 1.41. The second-order valence-electron chi connectivity index (χ2n) is 7.35. The number of rotatable bonds is 5. The van der Waals surface area contributed by atoms with E-state index in [2.05, 4.69) is 10.9 Å². The number of para-hydroxylation sites is 1. The van der Waals surface area contributed by atoms with Crippen molar-refractivity contribution in [1.29, 1.82) is 0 Å². The number of hydrogen-bond acceptors (Lipinski definition) is 4. The summed E-state index contributed by atoms with van der Waals surface area (Å²) in [6.07, 6.45) is 2.68. The molecule has 8 heteroatoms. The van der Waals surface area contributed by atoms with Gasteiger partial charge in [0, 0.05) is 22.2 Å². The van der Waals surface area contributed by atoms with Crippen molar-refractivity contribution in [3.05, 3.63) is 118 Å². The lowest BCUT2D eigenvalue weighted by Crippen LogP contribution is -2.40. The van der Waals surface area contributed by atoms with Gasteiger partial charge >= 0.3 is 5.97 Å². The average Bonchev–Trinajstić information content (AvgIpc) is 2.86. The summed E-state index contributed by atoms with van der Waals surface area (Å²) in [7, 11) is 0. The molecule has 2 amide bonds. The zero-order valence-electron chi connectivity index (χ0n) is 18.1. The first kappa shape index (κ1) is 24.0. The molecule has 4 aromatic carbocycles. The lowest BCUT2D eigenvalue weighted by molar-refractivity contribution is -0.117. The number of carbonyl (C=O) groups is 3. The van der Waals surface area contributed by atoms with E-state index >= 15 is 0 Å². The van der Waals surface area contributed by atoms with Gasteiger partial charge in [-0.25, -0.2) is 4.79 Å². The van der Waals surface area contributed by atoms with Crippen LogP contribution in [0.15, 0.2) is 91.0 Å². The van der Waals surface area contributed by atoms with Crippen LogP contribution in [0.1, 0.15) is 26.3 Å². The highest BCUT2D eigenvalue weighted by atomic mass is 35.5. The van der Waals surface area contributed by atoms with Crippen molar-refractivity contribution in [3.63, 3.8) is 0 Å². The summed E-state index contributed by atoms with van der Waals surface area (Å²) in [6.45, 7) is 0. The first-order valence-electron chi connectivity index (χ1n) is 10.4. The molecule has 4 rings (SSSR count). The van der Waals surface area contributed by atoms with Gasteiger partial charge in [0.2, 0.25) is 0 Å². The Morgan fingerprint density at radius 1 is 0.771 bits per heavy atom. The Kier molecular flexibility index (Phi) is 7.45. The number of hydrazine groups is 1. The van der Waals surface area contributed by atoms with Gasteiger partial charge in [-0.2, -0.15) is 0 Å². The maximum Gasteiger partial charge on any atom is 0.345 e. The maximum atomic E-state index is 12.6. The average molecular weight is 505 g/mol. The molecule has 0 saturated carbocycles. The fraction of sp³-hybridized carbons (Fsp3) is 0. The molecule has 6 nitrogen and oxygen atoms in total. The molecule has 35 heavy (non-hydrogen) atoms. The summed E-state index contributed by atoms with van der Waals surface area (Å²) in [5, 5.41) is 2.25. The van der Waals surface area contributed by atoms with Gasteiger partial charge < -0.3 is 4.74 Å². The Morgan fingerprint density at radius 3 is 2.34 bits per heavy atom. The summed E-state index contributed by atoms with van der Waals surface area (Å²) in [5.41, 5.74) is 5.82. The molecular weight excluding hydrogens is 487 g/mol. The van der Waals surface area contributed by atoms with Gasteiger partial charge in [0.1, 0.15) is 5.75 Å². The smallest absolute Gasteiger partial charge is 0.345 e. The molecule has 0 bridgehead atoms. The van der Waals surface area contributed by atoms with E-state index in [0.717, 1.165) is 10.8 Å². The molecule has 174 valence electrons. The third-order valence-electron chi connectivity index (χ3n) is 5.02. The van der Waals surface area contributed by atoms with Crippen LogP contribution in [0.5, 0.6) is 5.75 Å². The molecule has 2 N–H and O–H groups in total.